The topological polar surface area (TPSA) is 42.0 Å². The van der Waals surface area contributed by atoms with E-state index in [0.29, 0.717) is 6.42 Å². The van der Waals surface area contributed by atoms with Gasteiger partial charge in [-0.1, -0.05) is 24.3 Å². The zero-order chi connectivity index (χ0) is 14.2. The van der Waals surface area contributed by atoms with E-state index < -0.39 is 0 Å². The van der Waals surface area contributed by atoms with Gasteiger partial charge in [0.25, 0.3) is 0 Å². The number of amides is 1. The number of carbonyl (C=O) groups excluding carboxylic acids is 1. The van der Waals surface area contributed by atoms with E-state index in [1.54, 1.807) is 0 Å². The molecule has 2 aromatic carbocycles. The molecule has 1 amide bonds. The molecule has 1 aliphatic heterocycles. The third kappa shape index (κ3) is 2.07. The second kappa shape index (κ2) is 4.70. The monoisotopic (exact) mass is 274 g/mol. The van der Waals surface area contributed by atoms with E-state index in [4.69, 9.17) is 0 Å². The minimum atomic E-state index is 0.0994. The molecular formula is C18H14N2O. The molecule has 4 rings (SSSR count). The first-order chi connectivity index (χ1) is 10.3. The summed E-state index contributed by atoms with van der Waals surface area (Å²) < 4.78 is 0. The van der Waals surface area contributed by atoms with Crippen molar-refractivity contribution in [3.8, 4) is 11.1 Å². The third-order valence-corrected chi connectivity index (χ3v) is 3.97. The van der Waals surface area contributed by atoms with Gasteiger partial charge in [-0.25, -0.2) is 0 Å². The molecule has 3 nitrogen and oxygen atoms in total. The van der Waals surface area contributed by atoms with Crippen LogP contribution >= 0.6 is 0 Å². The van der Waals surface area contributed by atoms with Crippen molar-refractivity contribution >= 4 is 22.5 Å². The first-order valence-corrected chi connectivity index (χ1v) is 7.08. The second-order valence-corrected chi connectivity index (χ2v) is 5.29. The lowest BCUT2D eigenvalue weighted by molar-refractivity contribution is -0.116. The fourth-order valence-corrected chi connectivity index (χ4v) is 2.94. The van der Waals surface area contributed by atoms with Crippen molar-refractivity contribution < 1.29 is 4.79 Å². The highest BCUT2D eigenvalue weighted by Gasteiger charge is 2.18. The molecular weight excluding hydrogens is 260 g/mol. The number of benzene rings is 2. The number of hydrogen-bond acceptors (Lipinski definition) is 2. The Morgan fingerprint density at radius 3 is 2.90 bits per heavy atom. The lowest BCUT2D eigenvalue weighted by Gasteiger charge is -2.20. The summed E-state index contributed by atoms with van der Waals surface area (Å²) in [6.45, 7) is 0. The van der Waals surface area contributed by atoms with Crippen LogP contribution in [-0.4, -0.2) is 10.9 Å². The molecule has 2 heterocycles. The van der Waals surface area contributed by atoms with E-state index in [0.717, 1.165) is 23.0 Å². The molecule has 102 valence electrons. The van der Waals surface area contributed by atoms with Crippen LogP contribution < -0.4 is 5.32 Å². The summed E-state index contributed by atoms with van der Waals surface area (Å²) in [5.74, 6) is 0.0994. The molecule has 0 aliphatic carbocycles. The smallest absolute Gasteiger partial charge is 0.224 e. The lowest BCUT2D eigenvalue weighted by atomic mass is 9.92. The quantitative estimate of drug-likeness (QED) is 0.733. The zero-order valence-electron chi connectivity index (χ0n) is 11.5. The van der Waals surface area contributed by atoms with E-state index in [1.165, 1.54) is 16.7 Å². The molecule has 0 unspecified atom stereocenters. The molecule has 3 heteroatoms. The van der Waals surface area contributed by atoms with Gasteiger partial charge >= 0.3 is 0 Å². The van der Waals surface area contributed by atoms with Crippen molar-refractivity contribution in [1.29, 1.82) is 0 Å². The molecule has 0 atom stereocenters. The highest BCUT2D eigenvalue weighted by molar-refractivity contribution is 5.96. The molecule has 1 aromatic heterocycles. The maximum absolute atomic E-state index is 11.5. The number of hydrogen-bond donors (Lipinski definition) is 1. The molecule has 0 saturated carbocycles. The van der Waals surface area contributed by atoms with Crippen LogP contribution in [0, 0.1) is 0 Å². The van der Waals surface area contributed by atoms with E-state index in [2.05, 4.69) is 34.6 Å². The van der Waals surface area contributed by atoms with Gasteiger partial charge in [0, 0.05) is 23.7 Å². The fourth-order valence-electron chi connectivity index (χ4n) is 2.94. The molecule has 0 fully saturated rings. The first kappa shape index (κ1) is 12.1. The normalized spacial score (nSPS) is 13.8. The van der Waals surface area contributed by atoms with Crippen molar-refractivity contribution in [1.82, 2.24) is 4.98 Å². The lowest BCUT2D eigenvalue weighted by Crippen LogP contribution is -2.19. The predicted molar refractivity (Wildman–Crippen MR) is 84.1 cm³/mol. The van der Waals surface area contributed by atoms with Crippen LogP contribution in [0.5, 0.6) is 0 Å². The molecule has 0 radical (unpaired) electrons. The van der Waals surface area contributed by atoms with Gasteiger partial charge in [-0.2, -0.15) is 0 Å². The molecule has 1 N–H and O–H groups in total. The Morgan fingerprint density at radius 1 is 1.00 bits per heavy atom. The Balaban J connectivity index is 1.89. The van der Waals surface area contributed by atoms with Gasteiger partial charge in [-0.05, 0) is 47.4 Å². The maximum Gasteiger partial charge on any atom is 0.224 e. The number of fused-ring (bicyclic) bond motifs is 2. The molecule has 1 aliphatic rings. The average molecular weight is 274 g/mol. The zero-order valence-corrected chi connectivity index (χ0v) is 11.5. The number of rotatable bonds is 1. The minimum absolute atomic E-state index is 0.0994. The van der Waals surface area contributed by atoms with Crippen LogP contribution in [0.4, 0.5) is 5.69 Å². The van der Waals surface area contributed by atoms with Gasteiger partial charge in [0.2, 0.25) is 5.91 Å². The number of pyridine rings is 1. The van der Waals surface area contributed by atoms with E-state index in [-0.39, 0.29) is 5.91 Å². The summed E-state index contributed by atoms with van der Waals surface area (Å²) >= 11 is 0. The molecule has 3 aromatic rings. The van der Waals surface area contributed by atoms with Gasteiger partial charge in [-0.3, -0.25) is 9.78 Å². The summed E-state index contributed by atoms with van der Waals surface area (Å²) in [7, 11) is 0. The van der Waals surface area contributed by atoms with Gasteiger partial charge in [-0.15, -0.1) is 0 Å². The molecule has 0 spiro atoms. The second-order valence-electron chi connectivity index (χ2n) is 5.29. The summed E-state index contributed by atoms with van der Waals surface area (Å²) in [6.07, 6.45) is 3.16. The van der Waals surface area contributed by atoms with Crippen molar-refractivity contribution in [2.24, 2.45) is 0 Å². The van der Waals surface area contributed by atoms with Crippen LogP contribution in [0.15, 0.2) is 54.7 Å². The van der Waals surface area contributed by atoms with Gasteiger partial charge in [0.05, 0.1) is 5.52 Å². The van der Waals surface area contributed by atoms with Crippen molar-refractivity contribution in [2.75, 3.05) is 5.32 Å². The summed E-state index contributed by atoms with van der Waals surface area (Å²) in [5, 5.41) is 4.09. The van der Waals surface area contributed by atoms with E-state index >= 15 is 0 Å². The largest absolute Gasteiger partial charge is 0.326 e. The van der Waals surface area contributed by atoms with Gasteiger partial charge < -0.3 is 5.32 Å². The number of anilines is 1. The highest BCUT2D eigenvalue weighted by atomic mass is 16.1. The van der Waals surface area contributed by atoms with E-state index in [1.807, 2.05) is 30.5 Å². The molecule has 0 saturated heterocycles. The summed E-state index contributed by atoms with van der Waals surface area (Å²) in [4.78, 5) is 15.9. The Morgan fingerprint density at radius 2 is 1.95 bits per heavy atom. The summed E-state index contributed by atoms with van der Waals surface area (Å²) in [5.41, 5.74) is 5.52. The third-order valence-electron chi connectivity index (χ3n) is 3.97. The van der Waals surface area contributed by atoms with E-state index in [9.17, 15) is 4.79 Å². The molecule has 21 heavy (non-hydrogen) atoms. The Kier molecular flexibility index (Phi) is 2.71. The number of carbonyl (C=O) groups is 1. The number of nitrogens with one attached hydrogen (secondary N) is 1. The Hall–Kier alpha value is -2.68. The summed E-state index contributed by atoms with van der Waals surface area (Å²) in [6, 6.07) is 16.4. The van der Waals surface area contributed by atoms with Crippen LogP contribution in [0.3, 0.4) is 0 Å². The average Bonchev–Trinajstić information content (AvgIpc) is 2.53. The minimum Gasteiger partial charge on any atom is -0.326 e. The fraction of sp³-hybridized carbons (Fsp3) is 0.111. The predicted octanol–water partition coefficient (Wildman–Crippen LogP) is 3.79. The molecule has 0 bridgehead atoms. The Bertz CT molecular complexity index is 855. The van der Waals surface area contributed by atoms with Gasteiger partial charge in [0.15, 0.2) is 0 Å². The van der Waals surface area contributed by atoms with Gasteiger partial charge in [0.1, 0.15) is 0 Å². The number of aromatic nitrogens is 1. The van der Waals surface area contributed by atoms with Crippen molar-refractivity contribution in [2.45, 2.75) is 12.8 Å². The van der Waals surface area contributed by atoms with Crippen LogP contribution in [-0.2, 0) is 11.2 Å². The Labute approximate surface area is 122 Å². The van der Waals surface area contributed by atoms with Crippen LogP contribution in [0.1, 0.15) is 12.0 Å². The standard InChI is InChI=1S/C18H14N2O/c21-18-9-7-15-14(4-1-5-17(15)20-18)12-6-8-16-13(11-12)3-2-10-19-16/h1-6,8,10-11H,7,9H2,(H,20,21). The van der Waals surface area contributed by atoms with Crippen LogP contribution in [0.25, 0.3) is 22.0 Å². The maximum atomic E-state index is 11.5. The number of nitrogens with zero attached hydrogens (tertiary/aromatic N) is 1. The van der Waals surface area contributed by atoms with Crippen LogP contribution in [0.2, 0.25) is 0 Å². The van der Waals surface area contributed by atoms with Crippen molar-refractivity contribution in [3.05, 3.63) is 60.3 Å². The SMILES string of the molecule is O=C1CCc2c(cccc2-c2ccc3ncccc3c2)N1. The highest BCUT2D eigenvalue weighted by Crippen LogP contribution is 2.33. The first-order valence-electron chi connectivity index (χ1n) is 7.08. The van der Waals surface area contributed by atoms with Crippen molar-refractivity contribution in [3.63, 3.8) is 0 Å².